The number of aromatic nitrogens is 1. The molecule has 2 amide bonds. The highest BCUT2D eigenvalue weighted by Gasteiger charge is 2.39. The number of nitrogens with one attached hydrogen (secondary N) is 1. The van der Waals surface area contributed by atoms with Crippen LogP contribution >= 0.6 is 11.6 Å². The summed E-state index contributed by atoms with van der Waals surface area (Å²) in [6.45, 7) is 0.0248. The number of carbonyl (C=O) groups is 1. The molecule has 0 radical (unpaired) electrons. The molecule has 1 fully saturated rings. The number of alkyl halides is 6. The zero-order chi connectivity index (χ0) is 28.7. The number of hydrazine groups is 2. The second kappa shape index (κ2) is 10.7. The Hall–Kier alpha value is -3.77. The summed E-state index contributed by atoms with van der Waals surface area (Å²) in [4.78, 5) is 19.3. The molecule has 1 atom stereocenters. The van der Waals surface area contributed by atoms with E-state index in [0.717, 1.165) is 17.0 Å². The van der Waals surface area contributed by atoms with Crippen LogP contribution in [0.4, 0.5) is 31.1 Å². The number of nitrogens with zero attached hydrogens (tertiary/aromatic N) is 4. The molecule has 13 heteroatoms. The van der Waals surface area contributed by atoms with Gasteiger partial charge in [0.2, 0.25) is 0 Å². The molecule has 0 saturated carbocycles. The maximum absolute atomic E-state index is 13.7. The number of rotatable bonds is 4. The summed E-state index contributed by atoms with van der Waals surface area (Å²) in [5.74, 6) is 0. The second-order valence-electron chi connectivity index (χ2n) is 9.38. The Morgan fingerprint density at radius 3 is 2.33 bits per heavy atom. The van der Waals surface area contributed by atoms with Gasteiger partial charge in [0.1, 0.15) is 0 Å². The quantitative estimate of drug-likeness (QED) is 0.329. The van der Waals surface area contributed by atoms with Gasteiger partial charge >= 0.3 is 18.4 Å². The Labute approximate surface area is 230 Å². The molecule has 1 N–H and O–H groups in total. The van der Waals surface area contributed by atoms with Gasteiger partial charge in [-0.05, 0) is 60.4 Å². The number of hydrogen-bond acceptors (Lipinski definition) is 4. The van der Waals surface area contributed by atoms with Gasteiger partial charge in [0, 0.05) is 29.5 Å². The lowest BCUT2D eigenvalue weighted by molar-refractivity contribution is -0.143. The molecule has 1 aromatic heterocycles. The summed E-state index contributed by atoms with van der Waals surface area (Å²) in [5, 5.41) is 2.99. The second-order valence-corrected chi connectivity index (χ2v) is 9.79. The van der Waals surface area contributed by atoms with E-state index in [0.29, 0.717) is 41.4 Å². The van der Waals surface area contributed by atoms with Gasteiger partial charge in [0.15, 0.2) is 0 Å². The smallest absolute Gasteiger partial charge is 0.316 e. The van der Waals surface area contributed by atoms with Gasteiger partial charge in [-0.15, -0.1) is 5.53 Å². The van der Waals surface area contributed by atoms with Crippen molar-refractivity contribution < 1.29 is 31.1 Å². The van der Waals surface area contributed by atoms with Crippen molar-refractivity contribution >= 4 is 23.3 Å². The van der Waals surface area contributed by atoms with Crippen LogP contribution in [-0.4, -0.2) is 32.5 Å². The van der Waals surface area contributed by atoms with Crippen LogP contribution in [0.1, 0.15) is 46.7 Å². The molecule has 1 unspecified atom stereocenters. The van der Waals surface area contributed by atoms with E-state index >= 15 is 0 Å². The topological polar surface area (TPSA) is 51.7 Å². The van der Waals surface area contributed by atoms with Crippen LogP contribution in [0.3, 0.4) is 0 Å². The average molecular weight is 582 g/mol. The number of amides is 2. The zero-order valence-corrected chi connectivity index (χ0v) is 21.4. The average Bonchev–Trinajstić information content (AvgIpc) is 3.56. The van der Waals surface area contributed by atoms with Gasteiger partial charge in [0.25, 0.3) is 0 Å². The zero-order valence-electron chi connectivity index (χ0n) is 20.7. The third-order valence-corrected chi connectivity index (χ3v) is 7.03. The van der Waals surface area contributed by atoms with E-state index in [9.17, 15) is 31.1 Å². The summed E-state index contributed by atoms with van der Waals surface area (Å²) >= 11 is 6.39. The normalized spacial score (nSPS) is 17.9. The lowest BCUT2D eigenvalue weighted by atomic mass is 10.0. The van der Waals surface area contributed by atoms with Gasteiger partial charge in [-0.1, -0.05) is 29.8 Å². The van der Waals surface area contributed by atoms with Crippen LogP contribution in [0.15, 0.2) is 73.2 Å². The lowest BCUT2D eigenvalue weighted by Gasteiger charge is -2.30. The number of pyridine rings is 1. The van der Waals surface area contributed by atoms with Crippen molar-refractivity contribution in [3.8, 4) is 0 Å². The van der Waals surface area contributed by atoms with Crippen LogP contribution in [0.2, 0.25) is 5.02 Å². The third kappa shape index (κ3) is 5.73. The van der Waals surface area contributed by atoms with Crippen molar-refractivity contribution in [1.82, 2.24) is 25.4 Å². The molecule has 1 saturated heterocycles. The number of halogens is 7. The minimum absolute atomic E-state index is 0.0802. The molecule has 0 spiro atoms. The van der Waals surface area contributed by atoms with Gasteiger partial charge in [-0.3, -0.25) is 9.99 Å². The van der Waals surface area contributed by atoms with Crippen molar-refractivity contribution in [2.75, 3.05) is 6.54 Å². The number of carbonyl (C=O) groups excluding carboxylic acids is 1. The van der Waals surface area contributed by atoms with Crippen molar-refractivity contribution in [3.63, 3.8) is 0 Å². The molecule has 5 rings (SSSR count). The Morgan fingerprint density at radius 2 is 1.70 bits per heavy atom. The van der Waals surface area contributed by atoms with E-state index in [2.05, 4.69) is 10.5 Å². The predicted molar refractivity (Wildman–Crippen MR) is 135 cm³/mol. The fraction of sp³-hybridized carbons (Fsp3) is 0.259. The van der Waals surface area contributed by atoms with Gasteiger partial charge in [-0.25, -0.2) is 9.80 Å². The summed E-state index contributed by atoms with van der Waals surface area (Å²) in [5.41, 5.74) is 1.35. The molecule has 2 aliphatic heterocycles. The third-order valence-electron chi connectivity index (χ3n) is 6.68. The molecule has 40 heavy (non-hydrogen) atoms. The van der Waals surface area contributed by atoms with Crippen LogP contribution in [-0.2, 0) is 18.9 Å². The molecular formula is C27H22ClF6N5O. The van der Waals surface area contributed by atoms with E-state index < -0.39 is 36.1 Å². The van der Waals surface area contributed by atoms with Crippen LogP contribution in [0, 0.1) is 0 Å². The van der Waals surface area contributed by atoms with Crippen LogP contribution in [0.25, 0.3) is 5.70 Å². The fourth-order valence-electron chi connectivity index (χ4n) is 4.86. The van der Waals surface area contributed by atoms with E-state index in [4.69, 9.17) is 11.6 Å². The van der Waals surface area contributed by atoms with E-state index in [-0.39, 0.29) is 17.7 Å². The van der Waals surface area contributed by atoms with Crippen molar-refractivity contribution in [2.45, 2.75) is 37.8 Å². The molecule has 0 bridgehead atoms. The predicted octanol–water partition coefficient (Wildman–Crippen LogP) is 7.27. The van der Waals surface area contributed by atoms with Crippen LogP contribution in [0.5, 0.6) is 0 Å². The SMILES string of the molecule is O=C(N1C=C(c2cccnc2)N(Cc2cc(C(F)(F)F)cc(C(F)(F)F)c2)N1)N1CCCC1c1ccccc1Cl. The molecule has 0 aliphatic carbocycles. The Balaban J connectivity index is 1.47. The summed E-state index contributed by atoms with van der Waals surface area (Å²) < 4.78 is 80.7. The summed E-state index contributed by atoms with van der Waals surface area (Å²) in [6.07, 6.45) is -4.13. The van der Waals surface area contributed by atoms with Crippen molar-refractivity contribution in [3.05, 3.63) is 106 Å². The first-order chi connectivity index (χ1) is 18.9. The lowest BCUT2D eigenvalue weighted by Crippen LogP contribution is -2.48. The Morgan fingerprint density at radius 1 is 1.00 bits per heavy atom. The van der Waals surface area contributed by atoms with Gasteiger partial charge in [0.05, 0.1) is 35.6 Å². The summed E-state index contributed by atoms with van der Waals surface area (Å²) in [6, 6.07) is 11.1. The molecule has 2 aromatic carbocycles. The highest BCUT2D eigenvalue weighted by molar-refractivity contribution is 6.31. The van der Waals surface area contributed by atoms with Gasteiger partial charge in [-0.2, -0.15) is 26.3 Å². The number of hydrogen-bond donors (Lipinski definition) is 1. The molecular weight excluding hydrogens is 560 g/mol. The molecule has 3 aromatic rings. The largest absolute Gasteiger partial charge is 0.416 e. The van der Waals surface area contributed by atoms with Gasteiger partial charge < -0.3 is 4.90 Å². The molecule has 6 nitrogen and oxygen atoms in total. The van der Waals surface area contributed by atoms with E-state index in [1.807, 2.05) is 12.1 Å². The van der Waals surface area contributed by atoms with Crippen LogP contribution < -0.4 is 5.53 Å². The Kier molecular flexibility index (Phi) is 7.40. The first-order valence-electron chi connectivity index (χ1n) is 12.2. The molecule has 2 aliphatic rings. The van der Waals surface area contributed by atoms with E-state index in [1.165, 1.54) is 23.6 Å². The maximum Gasteiger partial charge on any atom is 0.416 e. The molecule has 3 heterocycles. The first-order valence-corrected chi connectivity index (χ1v) is 12.6. The maximum atomic E-state index is 13.7. The minimum Gasteiger partial charge on any atom is -0.316 e. The fourth-order valence-corrected chi connectivity index (χ4v) is 5.13. The monoisotopic (exact) mass is 581 g/mol. The molecule has 210 valence electrons. The number of likely N-dealkylation sites (tertiary alicyclic amines) is 1. The first kappa shape index (κ1) is 27.8. The summed E-state index contributed by atoms with van der Waals surface area (Å²) in [7, 11) is 0. The highest BCUT2D eigenvalue weighted by Crippen LogP contribution is 2.39. The van der Waals surface area contributed by atoms with Crippen molar-refractivity contribution in [1.29, 1.82) is 0 Å². The number of urea groups is 1. The minimum atomic E-state index is -4.98. The van der Waals surface area contributed by atoms with Crippen molar-refractivity contribution in [2.24, 2.45) is 0 Å². The number of benzene rings is 2. The highest BCUT2D eigenvalue weighted by atomic mass is 35.5. The van der Waals surface area contributed by atoms with E-state index in [1.54, 1.807) is 29.2 Å². The Bertz CT molecular complexity index is 1400. The standard InChI is InChI=1S/C27H22ClF6N5O/c28-22-7-2-1-6-21(22)23-8-4-10-37(23)25(40)39-16-24(18-5-3-9-35-14-18)38(36-39)15-17-11-19(26(29,30)31)13-20(12-17)27(32,33)34/h1-3,5-7,9,11-14,16,23,36H,4,8,10,15H2.